The molecule has 0 bridgehead atoms. The Morgan fingerprint density at radius 2 is 2.00 bits per heavy atom. The van der Waals surface area contributed by atoms with Crippen molar-refractivity contribution in [3.63, 3.8) is 0 Å². The number of methoxy groups -OCH3 is 1. The molecule has 3 amide bonds. The van der Waals surface area contributed by atoms with Crippen molar-refractivity contribution in [2.75, 3.05) is 26.7 Å². The first-order valence-electron chi connectivity index (χ1n) is 8.57. The summed E-state index contributed by atoms with van der Waals surface area (Å²) in [4.78, 5) is 25.2. The molecule has 0 radical (unpaired) electrons. The van der Waals surface area contributed by atoms with E-state index in [0.29, 0.717) is 32.2 Å². The second kappa shape index (κ2) is 8.27. The van der Waals surface area contributed by atoms with Gasteiger partial charge in [-0.3, -0.25) is 4.79 Å². The maximum Gasteiger partial charge on any atom is 0.317 e. The molecular formula is C16H27F2N3O4. The zero-order valence-corrected chi connectivity index (χ0v) is 14.7. The van der Waals surface area contributed by atoms with Gasteiger partial charge >= 0.3 is 6.03 Å². The van der Waals surface area contributed by atoms with Gasteiger partial charge in [0.2, 0.25) is 12.3 Å². The van der Waals surface area contributed by atoms with Crippen LogP contribution in [0.4, 0.5) is 13.6 Å². The van der Waals surface area contributed by atoms with E-state index in [2.05, 4.69) is 5.32 Å². The van der Waals surface area contributed by atoms with E-state index in [1.165, 1.54) is 12.0 Å². The number of morpholine rings is 1. The lowest BCUT2D eigenvalue weighted by atomic mass is 9.78. The molecular weight excluding hydrogens is 336 g/mol. The summed E-state index contributed by atoms with van der Waals surface area (Å²) < 4.78 is 36.6. The van der Waals surface area contributed by atoms with Gasteiger partial charge in [-0.05, 0) is 32.6 Å². The summed E-state index contributed by atoms with van der Waals surface area (Å²) in [6.45, 7) is 2.45. The predicted molar refractivity (Wildman–Crippen MR) is 86.2 cm³/mol. The molecule has 0 aromatic carbocycles. The lowest BCUT2D eigenvalue weighted by molar-refractivity contribution is -0.139. The quantitative estimate of drug-likeness (QED) is 0.765. The van der Waals surface area contributed by atoms with Gasteiger partial charge in [0, 0.05) is 26.1 Å². The number of hydrogen-bond donors (Lipinski definition) is 2. The average molecular weight is 363 g/mol. The summed E-state index contributed by atoms with van der Waals surface area (Å²) in [6.07, 6.45) is -1.74. The zero-order valence-electron chi connectivity index (χ0n) is 14.7. The molecule has 0 spiro atoms. The number of nitrogens with zero attached hydrogens (tertiary/aromatic N) is 1. The summed E-state index contributed by atoms with van der Waals surface area (Å²) in [5.41, 5.74) is 4.64. The predicted octanol–water partition coefficient (Wildman–Crippen LogP) is 1.11. The van der Waals surface area contributed by atoms with Gasteiger partial charge in [-0.2, -0.15) is 0 Å². The molecule has 9 heteroatoms. The van der Waals surface area contributed by atoms with Crippen LogP contribution in [0, 0.1) is 5.92 Å². The highest BCUT2D eigenvalue weighted by molar-refractivity contribution is 5.81. The third-order valence-electron chi connectivity index (χ3n) is 5.16. The number of carbonyl (C=O) groups excluding carboxylic acids is 2. The molecule has 1 aliphatic heterocycles. The van der Waals surface area contributed by atoms with Gasteiger partial charge in [-0.15, -0.1) is 0 Å². The Bertz CT molecular complexity index is 484. The fourth-order valence-electron chi connectivity index (χ4n) is 3.49. The summed E-state index contributed by atoms with van der Waals surface area (Å²) in [7, 11) is 1.54. The monoisotopic (exact) mass is 363 g/mol. The molecule has 2 aliphatic rings. The van der Waals surface area contributed by atoms with E-state index < -0.39 is 30.0 Å². The first kappa shape index (κ1) is 19.8. The van der Waals surface area contributed by atoms with Gasteiger partial charge in [0.1, 0.15) is 0 Å². The van der Waals surface area contributed by atoms with Crippen LogP contribution in [0.25, 0.3) is 0 Å². The van der Waals surface area contributed by atoms with Crippen molar-refractivity contribution in [1.82, 2.24) is 10.2 Å². The molecule has 0 aromatic rings. The highest BCUT2D eigenvalue weighted by atomic mass is 19.3. The molecule has 25 heavy (non-hydrogen) atoms. The van der Waals surface area contributed by atoms with Crippen molar-refractivity contribution in [3.8, 4) is 0 Å². The van der Waals surface area contributed by atoms with Gasteiger partial charge < -0.3 is 25.4 Å². The van der Waals surface area contributed by atoms with Crippen molar-refractivity contribution < 1.29 is 27.8 Å². The molecule has 2 atom stereocenters. The third kappa shape index (κ3) is 5.01. The number of primary amides is 1. The average Bonchev–Trinajstić information content (AvgIpc) is 2.59. The van der Waals surface area contributed by atoms with Crippen LogP contribution in [0.1, 0.15) is 32.6 Å². The fraction of sp³-hybridized carbons (Fsp3) is 0.875. The molecule has 7 nitrogen and oxygen atoms in total. The first-order chi connectivity index (χ1) is 11.8. The summed E-state index contributed by atoms with van der Waals surface area (Å²) in [6, 6.07) is -0.339. The second-order valence-corrected chi connectivity index (χ2v) is 6.96. The summed E-state index contributed by atoms with van der Waals surface area (Å²) in [5, 5.41) is 2.80. The first-order valence-corrected chi connectivity index (χ1v) is 8.57. The van der Waals surface area contributed by atoms with Crippen LogP contribution >= 0.6 is 0 Å². The number of carbonyl (C=O) groups is 2. The van der Waals surface area contributed by atoms with Crippen LogP contribution in [-0.2, 0) is 14.3 Å². The smallest absolute Gasteiger partial charge is 0.317 e. The number of amides is 3. The molecule has 1 saturated carbocycles. The van der Waals surface area contributed by atoms with Gasteiger partial charge in [0.25, 0.3) is 0 Å². The molecule has 2 unspecified atom stereocenters. The van der Waals surface area contributed by atoms with Crippen molar-refractivity contribution >= 4 is 11.9 Å². The SMILES string of the molecule is COC1(CNC(=O)N2CC(C)OC(C(N)=O)C2)CCC(C(F)F)CC1. The number of ether oxygens (including phenoxy) is 2. The van der Waals surface area contributed by atoms with E-state index in [1.54, 1.807) is 6.92 Å². The standard InChI is InChI=1S/C16H27F2N3O4/c1-10-7-21(8-12(25-10)14(19)22)15(23)20-9-16(24-2)5-3-11(4-6-16)13(17)18/h10-13H,3-9H2,1-2H3,(H2,19,22)(H,20,23). The molecule has 3 N–H and O–H groups in total. The number of nitrogens with two attached hydrogens (primary N) is 1. The van der Waals surface area contributed by atoms with Gasteiger partial charge in [0.05, 0.1) is 18.2 Å². The maximum atomic E-state index is 12.8. The Balaban J connectivity index is 1.88. The Labute approximate surface area is 146 Å². The van der Waals surface area contributed by atoms with Crippen LogP contribution in [0.15, 0.2) is 0 Å². The van der Waals surface area contributed by atoms with Gasteiger partial charge in [0.15, 0.2) is 6.10 Å². The summed E-state index contributed by atoms with van der Waals surface area (Å²) >= 11 is 0. The van der Waals surface area contributed by atoms with E-state index in [9.17, 15) is 18.4 Å². The van der Waals surface area contributed by atoms with Crippen LogP contribution < -0.4 is 11.1 Å². The minimum Gasteiger partial charge on any atom is -0.376 e. The van der Waals surface area contributed by atoms with Gasteiger partial charge in [-0.25, -0.2) is 13.6 Å². The van der Waals surface area contributed by atoms with E-state index in [4.69, 9.17) is 15.2 Å². The van der Waals surface area contributed by atoms with E-state index in [-0.39, 0.29) is 25.2 Å². The highest BCUT2D eigenvalue weighted by Crippen LogP contribution is 2.36. The number of nitrogens with one attached hydrogen (secondary N) is 1. The van der Waals surface area contributed by atoms with Crippen LogP contribution in [-0.4, -0.2) is 67.8 Å². The number of rotatable bonds is 5. The lowest BCUT2D eigenvalue weighted by Crippen LogP contribution is -2.57. The maximum absolute atomic E-state index is 12.8. The van der Waals surface area contributed by atoms with Crippen molar-refractivity contribution in [3.05, 3.63) is 0 Å². The summed E-state index contributed by atoms with van der Waals surface area (Å²) in [5.74, 6) is -1.21. The van der Waals surface area contributed by atoms with Crippen molar-refractivity contribution in [2.24, 2.45) is 11.7 Å². The Morgan fingerprint density at radius 1 is 1.36 bits per heavy atom. The molecule has 2 rings (SSSR count). The lowest BCUT2D eigenvalue weighted by Gasteiger charge is -2.40. The second-order valence-electron chi connectivity index (χ2n) is 6.96. The van der Waals surface area contributed by atoms with E-state index >= 15 is 0 Å². The highest BCUT2D eigenvalue weighted by Gasteiger charge is 2.39. The Hall–Kier alpha value is -1.48. The van der Waals surface area contributed by atoms with E-state index in [1.807, 2.05) is 0 Å². The van der Waals surface area contributed by atoms with Crippen molar-refractivity contribution in [1.29, 1.82) is 0 Å². The van der Waals surface area contributed by atoms with Crippen molar-refractivity contribution in [2.45, 2.75) is 56.8 Å². The molecule has 144 valence electrons. The van der Waals surface area contributed by atoms with Crippen LogP contribution in [0.5, 0.6) is 0 Å². The Kier molecular flexibility index (Phi) is 6.56. The molecule has 1 heterocycles. The normalized spacial score (nSPS) is 33.3. The third-order valence-corrected chi connectivity index (χ3v) is 5.16. The van der Waals surface area contributed by atoms with Crippen LogP contribution in [0.3, 0.4) is 0 Å². The molecule has 2 fully saturated rings. The molecule has 0 aromatic heterocycles. The fourth-order valence-corrected chi connectivity index (χ4v) is 3.49. The Morgan fingerprint density at radius 3 is 2.52 bits per heavy atom. The topological polar surface area (TPSA) is 93.9 Å². The largest absolute Gasteiger partial charge is 0.376 e. The van der Waals surface area contributed by atoms with Gasteiger partial charge in [-0.1, -0.05) is 0 Å². The zero-order chi connectivity index (χ0) is 18.6. The number of halogens is 2. The molecule has 1 aliphatic carbocycles. The van der Waals surface area contributed by atoms with E-state index in [0.717, 1.165) is 0 Å². The van der Waals surface area contributed by atoms with Crippen LogP contribution in [0.2, 0.25) is 0 Å². The number of alkyl halides is 2. The minimum absolute atomic E-state index is 0.0962. The number of hydrogen-bond acceptors (Lipinski definition) is 4. The number of urea groups is 1. The molecule has 1 saturated heterocycles. The minimum atomic E-state index is -2.31.